The van der Waals surface area contributed by atoms with Gasteiger partial charge in [-0.25, -0.2) is 9.37 Å². The van der Waals surface area contributed by atoms with E-state index in [0.29, 0.717) is 11.1 Å². The number of halogens is 1. The van der Waals surface area contributed by atoms with Gasteiger partial charge in [-0.2, -0.15) is 0 Å². The minimum atomic E-state index is -0.459. The third-order valence-corrected chi connectivity index (χ3v) is 4.47. The van der Waals surface area contributed by atoms with E-state index in [4.69, 9.17) is 0 Å². The number of nitrogens with one attached hydrogen (secondary N) is 1. The highest BCUT2D eigenvalue weighted by atomic mass is 19.1. The van der Waals surface area contributed by atoms with E-state index in [9.17, 15) is 9.18 Å². The van der Waals surface area contributed by atoms with Gasteiger partial charge >= 0.3 is 0 Å². The summed E-state index contributed by atoms with van der Waals surface area (Å²) >= 11 is 0. The summed E-state index contributed by atoms with van der Waals surface area (Å²) < 4.78 is 16.0. The van der Waals surface area contributed by atoms with Crippen molar-refractivity contribution in [1.82, 2.24) is 9.55 Å². The quantitative estimate of drug-likeness (QED) is 0.557. The van der Waals surface area contributed by atoms with Crippen LogP contribution in [0.2, 0.25) is 0 Å². The zero-order chi connectivity index (χ0) is 19.0. The fraction of sp³-hybridized carbons (Fsp3) is 0.0909. The summed E-state index contributed by atoms with van der Waals surface area (Å²) in [5.74, 6) is 0.00558. The Morgan fingerprint density at radius 3 is 2.56 bits per heavy atom. The third kappa shape index (κ3) is 3.19. The highest BCUT2D eigenvalue weighted by molar-refractivity contribution is 6.06. The molecule has 0 spiro atoms. The molecule has 1 amide bonds. The lowest BCUT2D eigenvalue weighted by Crippen LogP contribution is -2.13. The Morgan fingerprint density at radius 2 is 1.78 bits per heavy atom. The molecule has 3 aromatic carbocycles. The van der Waals surface area contributed by atoms with E-state index >= 15 is 0 Å². The molecule has 0 saturated heterocycles. The lowest BCUT2D eigenvalue weighted by atomic mass is 10.1. The molecule has 134 valence electrons. The molecule has 0 radical (unpaired) electrons. The van der Waals surface area contributed by atoms with Gasteiger partial charge in [0, 0.05) is 11.3 Å². The Hall–Kier alpha value is -3.47. The van der Waals surface area contributed by atoms with Crippen molar-refractivity contribution >= 4 is 22.6 Å². The molecule has 1 N–H and O–H groups in total. The van der Waals surface area contributed by atoms with E-state index in [0.717, 1.165) is 22.6 Å². The number of rotatable bonds is 3. The van der Waals surface area contributed by atoms with E-state index in [2.05, 4.69) is 10.3 Å². The smallest absolute Gasteiger partial charge is 0.255 e. The normalized spacial score (nSPS) is 10.9. The average molecular weight is 359 g/mol. The van der Waals surface area contributed by atoms with E-state index in [1.807, 2.05) is 54.8 Å². The molecular formula is C22H18FN3O. The fourth-order valence-corrected chi connectivity index (χ4v) is 3.17. The van der Waals surface area contributed by atoms with E-state index in [1.165, 1.54) is 6.07 Å². The van der Waals surface area contributed by atoms with Crippen molar-refractivity contribution in [2.75, 3.05) is 5.32 Å². The SMILES string of the molecule is Cc1ccc(F)c(NC(=O)c2ccc3c(c2)nc(C)n3-c2ccccc2)c1. The highest BCUT2D eigenvalue weighted by Crippen LogP contribution is 2.23. The van der Waals surface area contributed by atoms with Crippen LogP contribution in [0.25, 0.3) is 16.7 Å². The first-order valence-corrected chi connectivity index (χ1v) is 8.65. The number of hydrogen-bond acceptors (Lipinski definition) is 2. The van der Waals surface area contributed by atoms with Crippen molar-refractivity contribution in [2.24, 2.45) is 0 Å². The molecule has 4 nitrogen and oxygen atoms in total. The fourth-order valence-electron chi connectivity index (χ4n) is 3.17. The molecule has 1 aromatic heterocycles. The molecule has 4 rings (SSSR count). The predicted molar refractivity (Wildman–Crippen MR) is 105 cm³/mol. The zero-order valence-electron chi connectivity index (χ0n) is 15.0. The Kier molecular flexibility index (Phi) is 4.20. The van der Waals surface area contributed by atoms with Crippen molar-refractivity contribution in [2.45, 2.75) is 13.8 Å². The van der Waals surface area contributed by atoms with E-state index in [1.54, 1.807) is 24.3 Å². The van der Waals surface area contributed by atoms with Crippen LogP contribution in [-0.2, 0) is 0 Å². The zero-order valence-corrected chi connectivity index (χ0v) is 15.0. The van der Waals surface area contributed by atoms with Gasteiger partial charge in [0.25, 0.3) is 5.91 Å². The lowest BCUT2D eigenvalue weighted by Gasteiger charge is -2.08. The Bertz CT molecular complexity index is 1150. The highest BCUT2D eigenvalue weighted by Gasteiger charge is 2.14. The topological polar surface area (TPSA) is 46.9 Å². The van der Waals surface area contributed by atoms with Gasteiger partial charge in [0.05, 0.1) is 16.7 Å². The van der Waals surface area contributed by atoms with Gasteiger partial charge in [0.2, 0.25) is 0 Å². The first-order valence-electron chi connectivity index (χ1n) is 8.65. The van der Waals surface area contributed by atoms with E-state index < -0.39 is 5.82 Å². The number of anilines is 1. The summed E-state index contributed by atoms with van der Waals surface area (Å²) in [7, 11) is 0. The van der Waals surface area contributed by atoms with Gasteiger partial charge < -0.3 is 5.32 Å². The Balaban J connectivity index is 1.70. The molecule has 1 heterocycles. The molecule has 0 bridgehead atoms. The second-order valence-corrected chi connectivity index (χ2v) is 6.47. The number of para-hydroxylation sites is 1. The first-order chi connectivity index (χ1) is 13.0. The van der Waals surface area contributed by atoms with Crippen LogP contribution >= 0.6 is 0 Å². The minimum Gasteiger partial charge on any atom is -0.319 e. The predicted octanol–water partition coefficient (Wildman–Crippen LogP) is 5.03. The molecular weight excluding hydrogens is 341 g/mol. The molecule has 0 atom stereocenters. The van der Waals surface area contributed by atoms with Gasteiger partial charge in [-0.1, -0.05) is 24.3 Å². The van der Waals surface area contributed by atoms with Crippen LogP contribution < -0.4 is 5.32 Å². The van der Waals surface area contributed by atoms with Gasteiger partial charge in [-0.15, -0.1) is 0 Å². The summed E-state index contributed by atoms with van der Waals surface area (Å²) in [4.78, 5) is 17.2. The summed E-state index contributed by atoms with van der Waals surface area (Å²) in [5.41, 5.74) is 4.12. The Labute approximate surface area is 156 Å². The van der Waals surface area contributed by atoms with Crippen molar-refractivity contribution in [1.29, 1.82) is 0 Å². The third-order valence-electron chi connectivity index (χ3n) is 4.47. The second-order valence-electron chi connectivity index (χ2n) is 6.47. The monoisotopic (exact) mass is 359 g/mol. The number of carbonyl (C=O) groups excluding carboxylic acids is 1. The Morgan fingerprint density at radius 1 is 1.00 bits per heavy atom. The first kappa shape index (κ1) is 17.0. The summed E-state index contributed by atoms with van der Waals surface area (Å²) in [5, 5.41) is 2.64. The van der Waals surface area contributed by atoms with Crippen molar-refractivity contribution in [3.05, 3.63) is 89.5 Å². The van der Waals surface area contributed by atoms with Crippen LogP contribution in [0.1, 0.15) is 21.7 Å². The van der Waals surface area contributed by atoms with Crippen molar-refractivity contribution < 1.29 is 9.18 Å². The number of aromatic nitrogens is 2. The average Bonchev–Trinajstić information content (AvgIpc) is 3.00. The number of aryl methyl sites for hydroxylation is 2. The largest absolute Gasteiger partial charge is 0.319 e. The van der Waals surface area contributed by atoms with Gasteiger partial charge in [-0.05, 0) is 61.9 Å². The van der Waals surface area contributed by atoms with Crippen LogP contribution in [0.3, 0.4) is 0 Å². The van der Waals surface area contributed by atoms with Crippen LogP contribution in [-0.4, -0.2) is 15.5 Å². The summed E-state index contributed by atoms with van der Waals surface area (Å²) in [6, 6.07) is 19.9. The van der Waals surface area contributed by atoms with Gasteiger partial charge in [-0.3, -0.25) is 9.36 Å². The summed E-state index contributed by atoms with van der Waals surface area (Å²) in [6.07, 6.45) is 0. The van der Waals surface area contributed by atoms with Crippen molar-refractivity contribution in [3.63, 3.8) is 0 Å². The molecule has 5 heteroatoms. The number of imidazole rings is 1. The molecule has 4 aromatic rings. The summed E-state index contributed by atoms with van der Waals surface area (Å²) in [6.45, 7) is 3.77. The molecule has 0 aliphatic heterocycles. The number of benzene rings is 3. The van der Waals surface area contributed by atoms with E-state index in [-0.39, 0.29) is 11.6 Å². The number of nitrogens with zero attached hydrogens (tertiary/aromatic N) is 2. The van der Waals surface area contributed by atoms with Crippen LogP contribution in [0.5, 0.6) is 0 Å². The van der Waals surface area contributed by atoms with Crippen LogP contribution in [0, 0.1) is 19.7 Å². The molecule has 27 heavy (non-hydrogen) atoms. The standard InChI is InChI=1S/C22H18FN3O/c1-14-8-10-18(23)19(12-14)25-22(27)16-9-11-21-20(13-16)24-15(2)26(21)17-6-4-3-5-7-17/h3-13H,1-2H3,(H,25,27). The number of amides is 1. The maximum Gasteiger partial charge on any atom is 0.255 e. The van der Waals surface area contributed by atoms with Crippen LogP contribution in [0.4, 0.5) is 10.1 Å². The number of hydrogen-bond donors (Lipinski definition) is 1. The lowest BCUT2D eigenvalue weighted by molar-refractivity contribution is 0.102. The van der Waals surface area contributed by atoms with Gasteiger partial charge in [0.1, 0.15) is 11.6 Å². The van der Waals surface area contributed by atoms with Crippen molar-refractivity contribution in [3.8, 4) is 5.69 Å². The van der Waals surface area contributed by atoms with Crippen LogP contribution in [0.15, 0.2) is 66.7 Å². The second kappa shape index (κ2) is 6.68. The number of fused-ring (bicyclic) bond motifs is 1. The number of carbonyl (C=O) groups is 1. The maximum absolute atomic E-state index is 13.9. The van der Waals surface area contributed by atoms with Gasteiger partial charge in [0.15, 0.2) is 0 Å². The minimum absolute atomic E-state index is 0.172. The molecule has 0 aliphatic carbocycles. The molecule has 0 fully saturated rings. The maximum atomic E-state index is 13.9. The molecule has 0 aliphatic rings. The molecule has 0 unspecified atom stereocenters. The molecule has 0 saturated carbocycles.